The molecule has 6 nitrogen and oxygen atoms in total. The van der Waals surface area contributed by atoms with Crippen LogP contribution in [0.15, 0.2) is 0 Å². The molecule has 0 amide bonds. The zero-order valence-electron chi connectivity index (χ0n) is 14.5. The van der Waals surface area contributed by atoms with E-state index in [1.807, 2.05) is 0 Å². The van der Waals surface area contributed by atoms with Crippen LogP contribution >= 0.6 is 0 Å². The van der Waals surface area contributed by atoms with Gasteiger partial charge in [-0.05, 0) is 38.5 Å². The van der Waals surface area contributed by atoms with Crippen molar-refractivity contribution in [1.82, 2.24) is 0 Å². The lowest BCUT2D eigenvalue weighted by molar-refractivity contribution is -0.352. The van der Waals surface area contributed by atoms with Crippen molar-refractivity contribution in [3.8, 4) is 0 Å². The van der Waals surface area contributed by atoms with Crippen molar-refractivity contribution >= 4 is 0 Å². The van der Waals surface area contributed by atoms with Gasteiger partial charge in [0.05, 0.1) is 38.6 Å². The van der Waals surface area contributed by atoms with E-state index < -0.39 is 11.9 Å². The Morgan fingerprint density at radius 1 is 0.625 bits per heavy atom. The number of hydrogen-bond acceptors (Lipinski definition) is 6. The fraction of sp³-hybridized carbons (Fsp3) is 1.00. The van der Waals surface area contributed by atoms with Crippen LogP contribution in [0.25, 0.3) is 0 Å². The summed E-state index contributed by atoms with van der Waals surface area (Å²) in [7, 11) is 0. The molecule has 0 aromatic carbocycles. The third-order valence-electron chi connectivity index (χ3n) is 5.37. The van der Waals surface area contributed by atoms with Crippen LogP contribution in [0.5, 0.6) is 0 Å². The molecule has 6 heteroatoms. The highest BCUT2D eigenvalue weighted by molar-refractivity contribution is 4.76. The predicted molar refractivity (Wildman–Crippen MR) is 85.2 cm³/mol. The Bertz CT molecular complexity index is 364. The second-order valence-electron chi connectivity index (χ2n) is 7.36. The molecular formula is C18H30O6. The van der Waals surface area contributed by atoms with E-state index in [9.17, 15) is 0 Å². The van der Waals surface area contributed by atoms with Crippen molar-refractivity contribution in [3.05, 3.63) is 0 Å². The van der Waals surface area contributed by atoms with E-state index >= 15 is 0 Å². The second kappa shape index (κ2) is 7.56. The molecule has 4 saturated heterocycles. The fourth-order valence-corrected chi connectivity index (χ4v) is 4.01. The lowest BCUT2D eigenvalue weighted by Gasteiger charge is -2.31. The summed E-state index contributed by atoms with van der Waals surface area (Å²) in [6.45, 7) is 2.80. The Labute approximate surface area is 144 Å². The molecule has 0 aliphatic carbocycles. The van der Waals surface area contributed by atoms with Gasteiger partial charge in [0, 0.05) is 12.8 Å². The van der Waals surface area contributed by atoms with Crippen LogP contribution in [0.1, 0.15) is 64.2 Å². The van der Waals surface area contributed by atoms with Crippen LogP contribution in [0, 0.1) is 0 Å². The van der Waals surface area contributed by atoms with E-state index in [1.54, 1.807) is 0 Å². The number of ether oxygens (including phenoxy) is 6. The molecule has 4 atom stereocenters. The molecule has 0 N–H and O–H groups in total. The first-order chi connectivity index (χ1) is 11.8. The van der Waals surface area contributed by atoms with E-state index in [0.717, 1.165) is 77.4 Å². The maximum absolute atomic E-state index is 6.03. The third-order valence-corrected chi connectivity index (χ3v) is 5.37. The number of hydrogen-bond donors (Lipinski definition) is 0. The smallest absolute Gasteiger partial charge is 0.283 e. The Morgan fingerprint density at radius 2 is 1.12 bits per heavy atom. The van der Waals surface area contributed by atoms with Gasteiger partial charge < -0.3 is 28.4 Å². The summed E-state index contributed by atoms with van der Waals surface area (Å²) in [4.78, 5) is 0. The summed E-state index contributed by atoms with van der Waals surface area (Å²) < 4.78 is 35.1. The van der Waals surface area contributed by atoms with Crippen molar-refractivity contribution in [2.75, 3.05) is 26.4 Å². The molecule has 0 radical (unpaired) electrons. The average Bonchev–Trinajstić information content (AvgIpc) is 3.18. The summed E-state index contributed by atoms with van der Waals surface area (Å²) in [6.07, 6.45) is 10.7. The molecule has 4 heterocycles. The largest absolute Gasteiger partial charge is 0.327 e. The van der Waals surface area contributed by atoms with Crippen LogP contribution < -0.4 is 0 Å². The quantitative estimate of drug-likeness (QED) is 0.716. The summed E-state index contributed by atoms with van der Waals surface area (Å²) >= 11 is 0. The Hall–Kier alpha value is -0.240. The second-order valence-corrected chi connectivity index (χ2v) is 7.36. The zero-order chi connectivity index (χ0) is 16.3. The first-order valence-electron chi connectivity index (χ1n) is 9.69. The SMILES string of the molecule is C1CCC2(OC1)OCC(CCCCC1COC3(CCCCO3)O1)O2. The molecule has 0 aromatic rings. The van der Waals surface area contributed by atoms with E-state index in [2.05, 4.69) is 0 Å². The van der Waals surface area contributed by atoms with Crippen molar-refractivity contribution in [2.24, 2.45) is 0 Å². The molecule has 0 aromatic heterocycles. The maximum atomic E-state index is 6.03. The highest BCUT2D eigenvalue weighted by Gasteiger charge is 2.45. The molecular weight excluding hydrogens is 312 g/mol. The van der Waals surface area contributed by atoms with Gasteiger partial charge in [-0.1, -0.05) is 12.8 Å². The van der Waals surface area contributed by atoms with Gasteiger partial charge in [-0.25, -0.2) is 0 Å². The molecule has 4 unspecified atom stereocenters. The zero-order valence-corrected chi connectivity index (χ0v) is 14.5. The molecule has 0 saturated carbocycles. The topological polar surface area (TPSA) is 55.4 Å². The molecule has 138 valence electrons. The van der Waals surface area contributed by atoms with Crippen LogP contribution in [-0.4, -0.2) is 50.6 Å². The van der Waals surface area contributed by atoms with Gasteiger partial charge in [0.25, 0.3) is 11.9 Å². The van der Waals surface area contributed by atoms with Crippen molar-refractivity contribution in [1.29, 1.82) is 0 Å². The van der Waals surface area contributed by atoms with E-state index in [0.29, 0.717) is 13.2 Å². The van der Waals surface area contributed by atoms with Gasteiger partial charge in [-0.2, -0.15) is 0 Å². The number of unbranched alkanes of at least 4 members (excludes halogenated alkanes) is 1. The van der Waals surface area contributed by atoms with E-state index in [1.165, 1.54) is 0 Å². The van der Waals surface area contributed by atoms with Crippen LogP contribution in [-0.2, 0) is 28.4 Å². The highest BCUT2D eigenvalue weighted by atomic mass is 16.9. The van der Waals surface area contributed by atoms with Gasteiger partial charge in [-0.3, -0.25) is 0 Å². The molecule has 4 aliphatic rings. The fourth-order valence-electron chi connectivity index (χ4n) is 4.01. The maximum Gasteiger partial charge on any atom is 0.283 e. The minimum Gasteiger partial charge on any atom is -0.327 e. The molecule has 4 fully saturated rings. The molecule has 24 heavy (non-hydrogen) atoms. The van der Waals surface area contributed by atoms with E-state index in [-0.39, 0.29) is 12.2 Å². The van der Waals surface area contributed by atoms with Gasteiger partial charge >= 0.3 is 0 Å². The standard InChI is InChI=1S/C18H30O6/c1(7-15-13-21-17(23-15)9-3-5-11-19-17)2-8-16-14-22-18(24-16)10-4-6-12-20-18/h15-16H,1-14H2. The normalized spacial score (nSPS) is 43.0. The van der Waals surface area contributed by atoms with Crippen molar-refractivity contribution in [2.45, 2.75) is 88.4 Å². The summed E-state index contributed by atoms with van der Waals surface area (Å²) in [5.74, 6) is -1.45. The van der Waals surface area contributed by atoms with Gasteiger partial charge in [-0.15, -0.1) is 0 Å². The van der Waals surface area contributed by atoms with Gasteiger partial charge in [0.1, 0.15) is 0 Å². The molecule has 2 spiro atoms. The third kappa shape index (κ3) is 3.94. The first kappa shape index (κ1) is 17.2. The van der Waals surface area contributed by atoms with Crippen LogP contribution in [0.2, 0.25) is 0 Å². The lowest BCUT2D eigenvalue weighted by atomic mass is 10.1. The van der Waals surface area contributed by atoms with Crippen molar-refractivity contribution in [3.63, 3.8) is 0 Å². The molecule has 4 aliphatic heterocycles. The van der Waals surface area contributed by atoms with Crippen LogP contribution in [0.4, 0.5) is 0 Å². The van der Waals surface area contributed by atoms with Gasteiger partial charge in [0.2, 0.25) is 0 Å². The van der Waals surface area contributed by atoms with Gasteiger partial charge in [0.15, 0.2) is 0 Å². The number of rotatable bonds is 5. The Kier molecular flexibility index (Phi) is 5.41. The minimum atomic E-state index is -0.726. The lowest BCUT2D eigenvalue weighted by Crippen LogP contribution is -2.37. The predicted octanol–water partition coefficient (Wildman–Crippen LogP) is 3.09. The summed E-state index contributed by atoms with van der Waals surface area (Å²) in [5, 5.41) is 0. The van der Waals surface area contributed by atoms with Crippen molar-refractivity contribution < 1.29 is 28.4 Å². The Morgan fingerprint density at radius 3 is 1.54 bits per heavy atom. The van der Waals surface area contributed by atoms with E-state index in [4.69, 9.17) is 28.4 Å². The first-order valence-corrected chi connectivity index (χ1v) is 9.69. The highest BCUT2D eigenvalue weighted by Crippen LogP contribution is 2.36. The molecule has 0 bridgehead atoms. The average molecular weight is 342 g/mol. The molecule has 4 rings (SSSR count). The Balaban J connectivity index is 1.12. The monoisotopic (exact) mass is 342 g/mol. The minimum absolute atomic E-state index is 0.164. The summed E-state index contributed by atoms with van der Waals surface area (Å²) in [5.41, 5.74) is 0. The summed E-state index contributed by atoms with van der Waals surface area (Å²) in [6, 6.07) is 0. The van der Waals surface area contributed by atoms with Crippen LogP contribution in [0.3, 0.4) is 0 Å².